The van der Waals surface area contributed by atoms with Gasteiger partial charge in [-0.2, -0.15) is 0 Å². The summed E-state index contributed by atoms with van der Waals surface area (Å²) in [6, 6.07) is 9.31. The summed E-state index contributed by atoms with van der Waals surface area (Å²) in [5, 5.41) is 9.00. The van der Waals surface area contributed by atoms with Gasteiger partial charge in [-0.15, -0.1) is 0 Å². The van der Waals surface area contributed by atoms with Gasteiger partial charge in [0, 0.05) is 19.6 Å². The standard InChI is InChI=1S/C15H20N2O4/c16-9-13(11-5-2-1-3-6-11)21-14(18)12-7-4-8-17(10-12)15(19)20/h1-3,5-6,12-13H,4,7-10,16H2,(H,19,20). The van der Waals surface area contributed by atoms with E-state index in [1.807, 2.05) is 30.3 Å². The summed E-state index contributed by atoms with van der Waals surface area (Å²) in [5.41, 5.74) is 6.52. The highest BCUT2D eigenvalue weighted by Crippen LogP contribution is 2.22. The first-order valence-electron chi connectivity index (χ1n) is 7.05. The van der Waals surface area contributed by atoms with Crippen LogP contribution in [0, 0.1) is 5.92 Å². The van der Waals surface area contributed by atoms with Crippen LogP contribution in [-0.2, 0) is 9.53 Å². The predicted molar refractivity (Wildman–Crippen MR) is 76.7 cm³/mol. The Morgan fingerprint density at radius 2 is 2.10 bits per heavy atom. The quantitative estimate of drug-likeness (QED) is 0.823. The Kier molecular flexibility index (Phi) is 5.16. The molecule has 2 unspecified atom stereocenters. The third kappa shape index (κ3) is 3.95. The summed E-state index contributed by atoms with van der Waals surface area (Å²) in [6.45, 7) is 0.865. The molecule has 2 rings (SSSR count). The molecule has 0 spiro atoms. The molecule has 3 N–H and O–H groups in total. The summed E-state index contributed by atoms with van der Waals surface area (Å²) in [5.74, 6) is -0.784. The topological polar surface area (TPSA) is 92.9 Å². The number of ether oxygens (including phenoxy) is 1. The highest BCUT2D eigenvalue weighted by molar-refractivity contribution is 5.74. The van der Waals surface area contributed by atoms with Crippen LogP contribution in [0.15, 0.2) is 30.3 Å². The highest BCUT2D eigenvalue weighted by Gasteiger charge is 2.30. The number of carboxylic acid groups (broad SMARTS) is 1. The van der Waals surface area contributed by atoms with Crippen LogP contribution in [0.25, 0.3) is 0 Å². The van der Waals surface area contributed by atoms with E-state index < -0.39 is 18.1 Å². The molecule has 6 nitrogen and oxygen atoms in total. The van der Waals surface area contributed by atoms with Crippen molar-refractivity contribution in [2.45, 2.75) is 18.9 Å². The highest BCUT2D eigenvalue weighted by atomic mass is 16.5. The van der Waals surface area contributed by atoms with Gasteiger partial charge in [0.25, 0.3) is 0 Å². The smallest absolute Gasteiger partial charge is 0.407 e. The van der Waals surface area contributed by atoms with Gasteiger partial charge in [-0.05, 0) is 18.4 Å². The molecule has 6 heteroatoms. The van der Waals surface area contributed by atoms with E-state index in [0.29, 0.717) is 19.4 Å². The van der Waals surface area contributed by atoms with Crippen molar-refractivity contribution in [3.63, 3.8) is 0 Å². The molecule has 1 heterocycles. The Balaban J connectivity index is 1.98. The SMILES string of the molecule is NCC(OC(=O)C1CCCN(C(=O)O)C1)c1ccccc1. The van der Waals surface area contributed by atoms with Gasteiger partial charge in [0.1, 0.15) is 6.10 Å². The second-order valence-electron chi connectivity index (χ2n) is 5.14. The number of esters is 1. The fourth-order valence-corrected chi connectivity index (χ4v) is 2.50. The number of carbonyl (C=O) groups excluding carboxylic acids is 1. The molecular weight excluding hydrogens is 272 g/mol. The van der Waals surface area contributed by atoms with Gasteiger partial charge >= 0.3 is 12.1 Å². The van der Waals surface area contributed by atoms with Gasteiger partial charge < -0.3 is 20.5 Å². The molecule has 1 aliphatic heterocycles. The van der Waals surface area contributed by atoms with Gasteiger partial charge in [0.15, 0.2) is 0 Å². The van der Waals surface area contributed by atoms with Crippen molar-refractivity contribution in [3.05, 3.63) is 35.9 Å². The van der Waals surface area contributed by atoms with Crippen molar-refractivity contribution < 1.29 is 19.4 Å². The van der Waals surface area contributed by atoms with E-state index in [4.69, 9.17) is 15.6 Å². The average Bonchev–Trinajstić information content (AvgIpc) is 2.53. The predicted octanol–water partition coefficient (Wildman–Crippen LogP) is 1.62. The fourth-order valence-electron chi connectivity index (χ4n) is 2.50. The van der Waals surface area contributed by atoms with Gasteiger partial charge in [-0.3, -0.25) is 4.79 Å². The van der Waals surface area contributed by atoms with Crippen LogP contribution in [0.5, 0.6) is 0 Å². The molecule has 0 radical (unpaired) electrons. The molecule has 1 aromatic carbocycles. The second-order valence-corrected chi connectivity index (χ2v) is 5.14. The Morgan fingerprint density at radius 1 is 1.38 bits per heavy atom. The maximum absolute atomic E-state index is 12.2. The van der Waals surface area contributed by atoms with Gasteiger partial charge in [0.05, 0.1) is 5.92 Å². The summed E-state index contributed by atoms with van der Waals surface area (Å²) in [6.07, 6.45) is -0.163. The van der Waals surface area contributed by atoms with E-state index in [2.05, 4.69) is 0 Å². The molecule has 0 aliphatic carbocycles. The second kappa shape index (κ2) is 7.08. The number of hydrogen-bond donors (Lipinski definition) is 2. The molecule has 0 saturated carbocycles. The van der Waals surface area contributed by atoms with Crippen molar-refractivity contribution in [3.8, 4) is 0 Å². The molecule has 1 aliphatic rings. The Morgan fingerprint density at radius 3 is 2.71 bits per heavy atom. The van der Waals surface area contributed by atoms with Crippen LogP contribution >= 0.6 is 0 Å². The third-order valence-corrected chi connectivity index (χ3v) is 3.67. The van der Waals surface area contributed by atoms with Crippen molar-refractivity contribution in [2.24, 2.45) is 11.7 Å². The van der Waals surface area contributed by atoms with Crippen molar-refractivity contribution in [1.29, 1.82) is 0 Å². The number of nitrogens with zero attached hydrogens (tertiary/aromatic N) is 1. The number of benzene rings is 1. The van der Waals surface area contributed by atoms with E-state index in [1.165, 1.54) is 4.90 Å². The average molecular weight is 292 g/mol. The van der Waals surface area contributed by atoms with Crippen molar-refractivity contribution in [1.82, 2.24) is 4.90 Å². The van der Waals surface area contributed by atoms with E-state index in [1.54, 1.807) is 0 Å². The zero-order valence-electron chi connectivity index (χ0n) is 11.8. The van der Waals surface area contributed by atoms with Gasteiger partial charge in [-0.25, -0.2) is 4.79 Å². The molecule has 21 heavy (non-hydrogen) atoms. The van der Waals surface area contributed by atoms with Crippen LogP contribution in [0.2, 0.25) is 0 Å². The molecule has 114 valence electrons. The van der Waals surface area contributed by atoms with E-state index in [-0.39, 0.29) is 19.1 Å². The summed E-state index contributed by atoms with van der Waals surface area (Å²) < 4.78 is 5.47. The summed E-state index contributed by atoms with van der Waals surface area (Å²) >= 11 is 0. The largest absolute Gasteiger partial charge is 0.465 e. The van der Waals surface area contributed by atoms with Crippen LogP contribution in [0.1, 0.15) is 24.5 Å². The molecule has 1 fully saturated rings. The van der Waals surface area contributed by atoms with Crippen molar-refractivity contribution in [2.75, 3.05) is 19.6 Å². The van der Waals surface area contributed by atoms with E-state index >= 15 is 0 Å². The first-order valence-corrected chi connectivity index (χ1v) is 7.05. The molecule has 0 bridgehead atoms. The number of piperidine rings is 1. The monoisotopic (exact) mass is 292 g/mol. The zero-order valence-corrected chi connectivity index (χ0v) is 11.8. The molecule has 1 saturated heterocycles. The summed E-state index contributed by atoms with van der Waals surface area (Å²) in [4.78, 5) is 24.4. The van der Waals surface area contributed by atoms with Crippen LogP contribution in [-0.4, -0.2) is 41.7 Å². The minimum absolute atomic E-state index is 0.195. The maximum Gasteiger partial charge on any atom is 0.407 e. The maximum atomic E-state index is 12.2. The lowest BCUT2D eigenvalue weighted by Crippen LogP contribution is -2.42. The first-order chi connectivity index (χ1) is 10.1. The number of rotatable bonds is 4. The first kappa shape index (κ1) is 15.3. The Labute approximate surface area is 123 Å². The molecule has 1 aromatic rings. The molecule has 0 aromatic heterocycles. The van der Waals surface area contributed by atoms with Crippen LogP contribution in [0.3, 0.4) is 0 Å². The molecule has 1 amide bonds. The number of likely N-dealkylation sites (tertiary alicyclic amines) is 1. The third-order valence-electron chi connectivity index (χ3n) is 3.67. The summed E-state index contributed by atoms with van der Waals surface area (Å²) in [7, 11) is 0. The minimum atomic E-state index is -0.995. The number of hydrogen-bond acceptors (Lipinski definition) is 4. The fraction of sp³-hybridized carbons (Fsp3) is 0.467. The van der Waals surface area contributed by atoms with Gasteiger partial charge in [-0.1, -0.05) is 30.3 Å². The van der Waals surface area contributed by atoms with Crippen molar-refractivity contribution >= 4 is 12.1 Å². The zero-order chi connectivity index (χ0) is 15.2. The van der Waals surface area contributed by atoms with Crippen LogP contribution in [0.4, 0.5) is 4.79 Å². The lowest BCUT2D eigenvalue weighted by Gasteiger charge is -2.30. The number of amides is 1. The van der Waals surface area contributed by atoms with E-state index in [0.717, 1.165) is 5.56 Å². The van der Waals surface area contributed by atoms with Crippen LogP contribution < -0.4 is 5.73 Å². The lowest BCUT2D eigenvalue weighted by atomic mass is 9.98. The number of nitrogens with two attached hydrogens (primary N) is 1. The minimum Gasteiger partial charge on any atom is -0.465 e. The Bertz CT molecular complexity index is 492. The normalized spacial score (nSPS) is 19.9. The lowest BCUT2D eigenvalue weighted by molar-refractivity contribution is -0.155. The van der Waals surface area contributed by atoms with E-state index in [9.17, 15) is 9.59 Å². The van der Waals surface area contributed by atoms with Gasteiger partial charge in [0.2, 0.25) is 0 Å². The Hall–Kier alpha value is -2.08. The molecule has 2 atom stereocenters. The molecular formula is C15H20N2O4. The number of carbonyl (C=O) groups is 2.